The number of nitrogens with two attached hydrogens (primary N) is 2. The lowest BCUT2D eigenvalue weighted by atomic mass is 10.1. The van der Waals surface area contributed by atoms with Gasteiger partial charge in [0.2, 0.25) is 11.8 Å². The summed E-state index contributed by atoms with van der Waals surface area (Å²) in [7, 11) is 0. The minimum Gasteiger partial charge on any atom is -0.480 e. The van der Waals surface area contributed by atoms with E-state index in [0.717, 1.165) is 0 Å². The molecule has 0 saturated carbocycles. The third-order valence-electron chi connectivity index (χ3n) is 2.95. The highest BCUT2D eigenvalue weighted by atomic mass is 16.4. The molecular formula is C12H24N6O6. The van der Waals surface area contributed by atoms with E-state index < -0.39 is 49.1 Å². The Morgan fingerprint density at radius 3 is 2.08 bits per heavy atom. The highest BCUT2D eigenvalue weighted by molar-refractivity contribution is 5.91. The first-order valence-electron chi connectivity index (χ1n) is 7.11. The van der Waals surface area contributed by atoms with Gasteiger partial charge in [-0.25, -0.2) is 4.79 Å². The molecule has 0 bridgehead atoms. The summed E-state index contributed by atoms with van der Waals surface area (Å²) in [6, 6.07) is -3.88. The van der Waals surface area contributed by atoms with Crippen LogP contribution in [0.15, 0.2) is 0 Å². The van der Waals surface area contributed by atoms with E-state index in [9.17, 15) is 14.4 Å². The number of amides is 2. The van der Waals surface area contributed by atoms with Crippen LogP contribution in [0.4, 0.5) is 0 Å². The topological polar surface area (TPSA) is 224 Å². The van der Waals surface area contributed by atoms with Crippen LogP contribution in [0.25, 0.3) is 0 Å². The minimum absolute atomic E-state index is 0.0910. The summed E-state index contributed by atoms with van der Waals surface area (Å²) < 4.78 is 0. The summed E-state index contributed by atoms with van der Waals surface area (Å²) >= 11 is 0. The molecule has 0 aliphatic heterocycles. The molecule has 11 N–H and O–H groups in total. The molecule has 12 nitrogen and oxygen atoms in total. The molecule has 0 aliphatic rings. The molecule has 0 saturated heterocycles. The molecule has 12 heteroatoms. The molecule has 2 amide bonds. The number of nitrogens with one attached hydrogen (secondary N) is 4. The number of aliphatic carboxylic acids is 1. The Morgan fingerprint density at radius 1 is 1.04 bits per heavy atom. The first-order valence-corrected chi connectivity index (χ1v) is 7.11. The number of carboxylic acids is 1. The maximum absolute atomic E-state index is 12.1. The van der Waals surface area contributed by atoms with Crippen LogP contribution in [0.2, 0.25) is 0 Å². The van der Waals surface area contributed by atoms with Crippen molar-refractivity contribution in [1.82, 2.24) is 16.0 Å². The van der Waals surface area contributed by atoms with Crippen LogP contribution in [0.3, 0.4) is 0 Å². The van der Waals surface area contributed by atoms with Gasteiger partial charge in [-0.3, -0.25) is 15.0 Å². The molecule has 0 heterocycles. The number of guanidine groups is 1. The van der Waals surface area contributed by atoms with Gasteiger partial charge in [-0.1, -0.05) is 0 Å². The number of carbonyl (C=O) groups excluding carboxylic acids is 2. The summed E-state index contributed by atoms with van der Waals surface area (Å²) in [5.41, 5.74) is 10.5. The Bertz CT molecular complexity index is 459. The lowest BCUT2D eigenvalue weighted by Crippen LogP contribution is -2.55. The Hall–Kier alpha value is -2.44. The summed E-state index contributed by atoms with van der Waals surface area (Å²) in [5, 5.41) is 40.5. The largest absolute Gasteiger partial charge is 0.480 e. The third kappa shape index (κ3) is 8.26. The number of carbonyl (C=O) groups is 3. The quantitative estimate of drug-likeness (QED) is 0.0996. The van der Waals surface area contributed by atoms with Gasteiger partial charge in [-0.05, 0) is 12.8 Å². The molecule has 0 fully saturated rings. The molecule has 24 heavy (non-hydrogen) atoms. The smallest absolute Gasteiger partial charge is 0.328 e. The van der Waals surface area contributed by atoms with Gasteiger partial charge in [0.25, 0.3) is 0 Å². The summed E-state index contributed by atoms with van der Waals surface area (Å²) in [4.78, 5) is 34.6. The lowest BCUT2D eigenvalue weighted by molar-refractivity contribution is -0.143. The Kier molecular flexibility index (Phi) is 10.0. The summed E-state index contributed by atoms with van der Waals surface area (Å²) in [6.45, 7) is -1.19. The fraction of sp³-hybridized carbons (Fsp3) is 0.667. The van der Waals surface area contributed by atoms with Crippen LogP contribution in [0.5, 0.6) is 0 Å². The normalized spacial score (nSPS) is 14.1. The summed E-state index contributed by atoms with van der Waals surface area (Å²) in [5.74, 6) is -3.29. The van der Waals surface area contributed by atoms with Gasteiger partial charge in [0.05, 0.1) is 13.2 Å². The number of aliphatic hydroxyl groups is 2. The van der Waals surface area contributed by atoms with Gasteiger partial charge in [-0.2, -0.15) is 0 Å². The minimum atomic E-state index is -1.52. The first-order chi connectivity index (χ1) is 11.2. The zero-order chi connectivity index (χ0) is 18.7. The van der Waals surface area contributed by atoms with Crippen LogP contribution in [-0.2, 0) is 14.4 Å². The highest BCUT2D eigenvalue weighted by Crippen LogP contribution is 1.99. The molecule has 0 spiro atoms. The van der Waals surface area contributed by atoms with Crippen LogP contribution in [0, 0.1) is 5.41 Å². The monoisotopic (exact) mass is 348 g/mol. The molecule has 0 radical (unpaired) electrons. The Morgan fingerprint density at radius 2 is 1.62 bits per heavy atom. The van der Waals surface area contributed by atoms with Crippen molar-refractivity contribution < 1.29 is 29.7 Å². The van der Waals surface area contributed by atoms with Crippen LogP contribution in [-0.4, -0.2) is 76.9 Å². The number of carboxylic acid groups (broad SMARTS) is 1. The van der Waals surface area contributed by atoms with Gasteiger partial charge in [0.15, 0.2) is 5.96 Å². The van der Waals surface area contributed by atoms with Crippen molar-refractivity contribution >= 4 is 23.7 Å². The molecule has 3 atom stereocenters. The van der Waals surface area contributed by atoms with Gasteiger partial charge in [-0.15, -0.1) is 0 Å². The number of hydrogen-bond donors (Lipinski definition) is 9. The van der Waals surface area contributed by atoms with Crippen molar-refractivity contribution in [2.45, 2.75) is 31.0 Å². The molecule has 0 aromatic rings. The van der Waals surface area contributed by atoms with Gasteiger partial charge in [0.1, 0.15) is 18.1 Å². The van der Waals surface area contributed by atoms with E-state index in [1.165, 1.54) is 0 Å². The fourth-order valence-electron chi connectivity index (χ4n) is 1.62. The van der Waals surface area contributed by atoms with E-state index in [4.69, 9.17) is 32.2 Å². The number of rotatable bonds is 11. The molecule has 138 valence electrons. The molecular weight excluding hydrogens is 324 g/mol. The summed E-state index contributed by atoms with van der Waals surface area (Å²) in [6.07, 6.45) is 0.414. The van der Waals surface area contributed by atoms with Crippen molar-refractivity contribution in [1.29, 1.82) is 5.41 Å². The Labute approximate surface area is 138 Å². The maximum Gasteiger partial charge on any atom is 0.328 e. The van der Waals surface area contributed by atoms with E-state index in [0.29, 0.717) is 6.42 Å². The van der Waals surface area contributed by atoms with Gasteiger partial charge < -0.3 is 42.7 Å². The lowest BCUT2D eigenvalue weighted by Gasteiger charge is -2.22. The van der Waals surface area contributed by atoms with E-state index in [-0.39, 0.29) is 18.9 Å². The van der Waals surface area contributed by atoms with Gasteiger partial charge >= 0.3 is 5.97 Å². The van der Waals surface area contributed by atoms with E-state index in [1.807, 2.05) is 0 Å². The molecule has 0 aliphatic carbocycles. The zero-order valence-electron chi connectivity index (χ0n) is 13.0. The Balaban J connectivity index is 4.81. The van der Waals surface area contributed by atoms with Crippen molar-refractivity contribution in [2.75, 3.05) is 19.8 Å². The van der Waals surface area contributed by atoms with Crippen molar-refractivity contribution in [3.63, 3.8) is 0 Å². The predicted octanol–water partition coefficient (Wildman–Crippen LogP) is -4.38. The molecule has 0 aromatic carbocycles. The van der Waals surface area contributed by atoms with E-state index >= 15 is 0 Å². The van der Waals surface area contributed by atoms with Crippen LogP contribution in [0.1, 0.15) is 12.8 Å². The zero-order valence-corrected chi connectivity index (χ0v) is 13.0. The number of aliphatic hydroxyl groups excluding tert-OH is 2. The highest BCUT2D eigenvalue weighted by Gasteiger charge is 2.27. The third-order valence-corrected chi connectivity index (χ3v) is 2.95. The SMILES string of the molecule is N=C(N)NCCC[C@H](NC(=O)[C@@H](N)CO)C(=O)N[C@@H](CO)C(=O)O. The average Bonchev–Trinajstić information content (AvgIpc) is 2.53. The van der Waals surface area contributed by atoms with Crippen molar-refractivity contribution in [3.8, 4) is 0 Å². The molecule has 0 aromatic heterocycles. The predicted molar refractivity (Wildman–Crippen MR) is 82.8 cm³/mol. The van der Waals surface area contributed by atoms with Gasteiger partial charge in [0, 0.05) is 6.54 Å². The maximum atomic E-state index is 12.1. The van der Waals surface area contributed by atoms with Crippen LogP contribution < -0.4 is 27.4 Å². The second-order valence-electron chi connectivity index (χ2n) is 4.91. The average molecular weight is 348 g/mol. The standard InChI is InChI=1S/C12H24N6O6/c13-6(4-19)9(21)17-7(2-1-3-16-12(14)15)10(22)18-8(5-20)11(23)24/h6-8,19-20H,1-5,13H2,(H,17,21)(H,18,22)(H,23,24)(H4,14,15,16)/t6-,7-,8-/m0/s1. The number of hydrogen-bond acceptors (Lipinski definition) is 7. The molecule has 0 rings (SSSR count). The second-order valence-corrected chi connectivity index (χ2v) is 4.91. The van der Waals surface area contributed by atoms with Crippen molar-refractivity contribution in [3.05, 3.63) is 0 Å². The van der Waals surface area contributed by atoms with E-state index in [1.54, 1.807) is 0 Å². The second kappa shape index (κ2) is 11.2. The molecule has 0 unspecified atom stereocenters. The van der Waals surface area contributed by atoms with Crippen molar-refractivity contribution in [2.24, 2.45) is 11.5 Å². The van der Waals surface area contributed by atoms with Crippen LogP contribution >= 0.6 is 0 Å². The first kappa shape index (κ1) is 21.6. The fourth-order valence-corrected chi connectivity index (χ4v) is 1.62. The van der Waals surface area contributed by atoms with E-state index in [2.05, 4.69) is 16.0 Å².